The van der Waals surface area contributed by atoms with Gasteiger partial charge in [0, 0.05) is 7.77 Å². The van der Waals surface area contributed by atoms with Crippen LogP contribution in [0.2, 0.25) is 5.15 Å². The number of fused-ring (bicyclic) bond motifs is 1. The summed E-state index contributed by atoms with van der Waals surface area (Å²) >= 11 is 6.15. The number of imidazole rings is 1. The van der Waals surface area contributed by atoms with Gasteiger partial charge >= 0.3 is 11.9 Å². The topological polar surface area (TPSA) is 131 Å². The lowest BCUT2D eigenvalue weighted by Crippen LogP contribution is -2.32. The van der Waals surface area contributed by atoms with E-state index in [0.717, 1.165) is 11.1 Å². The minimum atomic E-state index is -1.13. The molecule has 0 bridgehead atoms. The van der Waals surface area contributed by atoms with E-state index in [2.05, 4.69) is 15.0 Å². The van der Waals surface area contributed by atoms with Gasteiger partial charge < -0.3 is 19.9 Å². The van der Waals surface area contributed by atoms with Gasteiger partial charge in [-0.15, -0.1) is 0 Å². The number of hydrogen-bond acceptors (Lipinski definition) is 9. The molecule has 10 nitrogen and oxygen atoms in total. The molecule has 0 saturated carbocycles. The molecular weight excluding hydrogens is 498 g/mol. The highest BCUT2D eigenvalue weighted by atomic mass is 35.5. The minimum absolute atomic E-state index is 0.0525. The molecule has 0 spiro atoms. The maximum atomic E-state index is 12.9. The summed E-state index contributed by atoms with van der Waals surface area (Å²) in [6.07, 6.45) is -2.75. The molecule has 2 aromatic heterocycles. The van der Waals surface area contributed by atoms with Crippen LogP contribution in [0.4, 0.5) is 5.95 Å². The third kappa shape index (κ3) is 5.25. The van der Waals surface area contributed by atoms with E-state index in [4.69, 9.17) is 32.9 Å². The molecule has 2 N–H and O–H groups in total. The van der Waals surface area contributed by atoms with E-state index in [9.17, 15) is 9.59 Å². The first-order chi connectivity index (χ1) is 18.2. The van der Waals surface area contributed by atoms with Crippen molar-refractivity contribution in [1.82, 2.24) is 19.5 Å². The van der Waals surface area contributed by atoms with Gasteiger partial charge in [0.05, 0.1) is 17.5 Å². The van der Waals surface area contributed by atoms with Crippen molar-refractivity contribution in [2.45, 2.75) is 38.7 Å². The molecule has 1 saturated heterocycles. The zero-order valence-electron chi connectivity index (χ0n) is 21.0. The first-order valence-corrected chi connectivity index (χ1v) is 11.8. The zero-order chi connectivity index (χ0) is 27.0. The summed E-state index contributed by atoms with van der Waals surface area (Å²) in [5.74, 6) is -1.27. The number of aryl methyl sites for hydroxylation is 2. The van der Waals surface area contributed by atoms with Gasteiger partial charge in [-0.2, -0.15) is 9.97 Å². The number of nitrogens with two attached hydrogens (primary N) is 1. The standard InChI is InChI=1S/C26H24ClN5O5/c1-14-3-7-16(8-4-14)24(33)35-12-19-18(37-25(34)17-9-5-15(2)6-10-17)11-20(36-19)32-13-29-21-22(27)30-26(28)31-23(21)32/h3-10,13,18-20H,11-12H2,1-2H3,(H2,28,30,31)/t18-,19+,20+/m0/s1/i11D/t11-,18-,19+,20+. The number of benzene rings is 2. The lowest BCUT2D eigenvalue weighted by atomic mass is 10.1. The lowest BCUT2D eigenvalue weighted by Gasteiger charge is -2.19. The molecule has 1 fully saturated rings. The Bertz CT molecular complexity index is 1490. The predicted octanol–water partition coefficient (Wildman–Crippen LogP) is 4.05. The summed E-state index contributed by atoms with van der Waals surface area (Å²) < 4.78 is 27.7. The summed E-state index contributed by atoms with van der Waals surface area (Å²) in [5.41, 5.74) is 8.97. The second-order valence-electron chi connectivity index (χ2n) is 8.65. The quantitative estimate of drug-likeness (QED) is 0.294. The third-order valence-corrected chi connectivity index (χ3v) is 6.17. The lowest BCUT2D eigenvalue weighted by molar-refractivity contribution is -0.0563. The molecule has 1 aliphatic heterocycles. The van der Waals surface area contributed by atoms with Gasteiger partial charge in [-0.25, -0.2) is 14.6 Å². The van der Waals surface area contributed by atoms with Crippen molar-refractivity contribution in [3.8, 4) is 0 Å². The number of carbonyl (C=O) groups excluding carboxylic acids is 2. The summed E-state index contributed by atoms with van der Waals surface area (Å²) in [6.45, 7) is 3.56. The molecule has 2 aromatic carbocycles. The number of nitrogen functional groups attached to an aromatic ring is 1. The van der Waals surface area contributed by atoms with E-state index >= 15 is 0 Å². The fraction of sp³-hybridized carbons (Fsp3) is 0.269. The third-order valence-electron chi connectivity index (χ3n) is 5.90. The van der Waals surface area contributed by atoms with Gasteiger partial charge in [-0.05, 0) is 38.1 Å². The van der Waals surface area contributed by atoms with Crippen molar-refractivity contribution in [3.63, 3.8) is 0 Å². The van der Waals surface area contributed by atoms with Crippen molar-refractivity contribution in [2.75, 3.05) is 12.3 Å². The van der Waals surface area contributed by atoms with Gasteiger partial charge in [-0.3, -0.25) is 4.57 Å². The van der Waals surface area contributed by atoms with Crippen molar-refractivity contribution < 1.29 is 25.2 Å². The van der Waals surface area contributed by atoms with Crippen LogP contribution >= 0.6 is 11.6 Å². The minimum Gasteiger partial charge on any atom is -0.459 e. The Morgan fingerprint density at radius 1 is 1.08 bits per heavy atom. The zero-order valence-corrected chi connectivity index (χ0v) is 20.8. The predicted molar refractivity (Wildman–Crippen MR) is 135 cm³/mol. The maximum absolute atomic E-state index is 12.9. The molecule has 0 unspecified atom stereocenters. The van der Waals surface area contributed by atoms with Crippen LogP contribution < -0.4 is 5.73 Å². The van der Waals surface area contributed by atoms with Gasteiger partial charge in [-0.1, -0.05) is 47.0 Å². The van der Waals surface area contributed by atoms with E-state index in [1.54, 1.807) is 48.5 Å². The molecule has 4 atom stereocenters. The fourth-order valence-corrected chi connectivity index (χ4v) is 4.11. The number of carbonyl (C=O) groups is 2. The fourth-order valence-electron chi connectivity index (χ4n) is 3.89. The second-order valence-corrected chi connectivity index (χ2v) is 9.01. The second kappa shape index (κ2) is 10.2. The first kappa shape index (κ1) is 23.4. The number of ether oxygens (including phenoxy) is 3. The summed E-state index contributed by atoms with van der Waals surface area (Å²) in [6, 6.07) is 13.8. The average molecular weight is 523 g/mol. The van der Waals surface area contributed by atoms with Gasteiger partial charge in [0.15, 0.2) is 10.8 Å². The molecule has 11 heteroatoms. The van der Waals surface area contributed by atoms with Crippen molar-refractivity contribution in [1.29, 1.82) is 0 Å². The largest absolute Gasteiger partial charge is 0.459 e. The Morgan fingerprint density at radius 3 is 2.35 bits per heavy atom. The van der Waals surface area contributed by atoms with Crippen molar-refractivity contribution in [2.24, 2.45) is 0 Å². The maximum Gasteiger partial charge on any atom is 0.338 e. The monoisotopic (exact) mass is 522 g/mol. The van der Waals surface area contributed by atoms with E-state index < -0.39 is 36.8 Å². The van der Waals surface area contributed by atoms with Crippen LogP contribution in [0.1, 0.15) is 45.8 Å². The first-order valence-electron chi connectivity index (χ1n) is 12.0. The average Bonchev–Trinajstić information content (AvgIpc) is 3.44. The highest BCUT2D eigenvalue weighted by molar-refractivity contribution is 6.33. The van der Waals surface area contributed by atoms with Crippen LogP contribution in [0.15, 0.2) is 54.9 Å². The Labute approximate surface area is 218 Å². The summed E-state index contributed by atoms with van der Waals surface area (Å²) in [5, 5.41) is 0.0525. The molecule has 0 radical (unpaired) electrons. The van der Waals surface area contributed by atoms with Gasteiger partial charge in [0.1, 0.15) is 30.6 Å². The van der Waals surface area contributed by atoms with Gasteiger partial charge in [0.25, 0.3) is 0 Å². The number of aromatic nitrogens is 4. The van der Waals surface area contributed by atoms with Crippen molar-refractivity contribution >= 4 is 40.7 Å². The van der Waals surface area contributed by atoms with E-state index in [-0.39, 0.29) is 28.9 Å². The molecular formula is C26H24ClN5O5. The summed E-state index contributed by atoms with van der Waals surface area (Å²) in [7, 11) is 0. The molecule has 0 amide bonds. The SMILES string of the molecule is [2H][C@H]1[C@H](OC(=O)c2ccc(C)cc2)[C@@H](COC(=O)c2ccc(C)cc2)O[C@H]1n1cnc2c(Cl)nc(N)nc21. The molecule has 190 valence electrons. The van der Waals surface area contributed by atoms with Crippen LogP contribution in [0, 0.1) is 13.8 Å². The smallest absolute Gasteiger partial charge is 0.338 e. The van der Waals surface area contributed by atoms with Crippen LogP contribution in [0.3, 0.4) is 0 Å². The Balaban J connectivity index is 1.41. The van der Waals surface area contributed by atoms with E-state index in [1.807, 2.05) is 13.8 Å². The van der Waals surface area contributed by atoms with Crippen LogP contribution in [-0.4, -0.2) is 50.3 Å². The number of nitrogens with zero attached hydrogens (tertiary/aromatic N) is 4. The number of anilines is 1. The van der Waals surface area contributed by atoms with Crippen LogP contribution in [0.5, 0.6) is 0 Å². The Morgan fingerprint density at radius 2 is 1.70 bits per heavy atom. The molecule has 1 aliphatic rings. The number of halogens is 1. The normalized spacial score (nSPS) is 21.5. The van der Waals surface area contributed by atoms with E-state index in [1.165, 1.54) is 10.9 Å². The van der Waals surface area contributed by atoms with Crippen LogP contribution in [0.25, 0.3) is 11.2 Å². The number of hydrogen-bond donors (Lipinski definition) is 1. The molecule has 5 rings (SSSR count). The molecule has 37 heavy (non-hydrogen) atoms. The van der Waals surface area contributed by atoms with Crippen molar-refractivity contribution in [3.05, 3.63) is 82.3 Å². The van der Waals surface area contributed by atoms with Gasteiger partial charge in [0.2, 0.25) is 5.95 Å². The highest BCUT2D eigenvalue weighted by Gasteiger charge is 2.40. The Kier molecular flexibility index (Phi) is 6.42. The number of esters is 2. The number of rotatable bonds is 6. The van der Waals surface area contributed by atoms with E-state index in [0.29, 0.717) is 11.1 Å². The Hall–Kier alpha value is -4.02. The highest BCUT2D eigenvalue weighted by Crippen LogP contribution is 2.34. The summed E-state index contributed by atoms with van der Waals surface area (Å²) in [4.78, 5) is 37.9. The molecule has 4 aromatic rings. The molecule has 0 aliphatic carbocycles. The molecule has 3 heterocycles. The van der Waals surface area contributed by atoms with Crippen LogP contribution in [-0.2, 0) is 14.2 Å².